The van der Waals surface area contributed by atoms with E-state index in [1.54, 1.807) is 4.68 Å². The Balaban J connectivity index is 1.52. The highest BCUT2D eigenvalue weighted by Gasteiger charge is 2.17. The van der Waals surface area contributed by atoms with Gasteiger partial charge in [-0.1, -0.05) is 36.1 Å². The molecule has 1 fully saturated rings. The normalized spacial score (nSPS) is 15.9. The summed E-state index contributed by atoms with van der Waals surface area (Å²) >= 11 is 0. The number of fused-ring (bicyclic) bond motifs is 1. The van der Waals surface area contributed by atoms with E-state index in [1.165, 1.54) is 25.7 Å². The van der Waals surface area contributed by atoms with Crippen molar-refractivity contribution in [2.75, 3.05) is 0 Å². The van der Waals surface area contributed by atoms with E-state index >= 15 is 0 Å². The standard InChI is InChI=1S/C16H19N5O/c1-21-14-10-12(7-8-13(14)18-20-21)16-17-15(22-19-16)9-6-11-4-2-3-5-11/h7-8,10-11H,2-6,9H2,1H3. The molecule has 1 aromatic carbocycles. The highest BCUT2D eigenvalue weighted by atomic mass is 16.5. The van der Waals surface area contributed by atoms with E-state index < -0.39 is 0 Å². The maximum atomic E-state index is 5.40. The first-order chi connectivity index (χ1) is 10.8. The van der Waals surface area contributed by atoms with Crippen LogP contribution in [0, 0.1) is 5.92 Å². The maximum absolute atomic E-state index is 5.40. The molecular weight excluding hydrogens is 278 g/mol. The van der Waals surface area contributed by atoms with Gasteiger partial charge in [0.2, 0.25) is 11.7 Å². The maximum Gasteiger partial charge on any atom is 0.226 e. The van der Waals surface area contributed by atoms with E-state index in [-0.39, 0.29) is 0 Å². The van der Waals surface area contributed by atoms with Gasteiger partial charge in [-0.15, -0.1) is 5.10 Å². The number of aromatic nitrogens is 5. The van der Waals surface area contributed by atoms with Crippen molar-refractivity contribution in [1.82, 2.24) is 25.1 Å². The predicted octanol–water partition coefficient (Wildman–Crippen LogP) is 3.14. The van der Waals surface area contributed by atoms with Crippen LogP contribution in [0.5, 0.6) is 0 Å². The van der Waals surface area contributed by atoms with E-state index in [2.05, 4.69) is 20.5 Å². The van der Waals surface area contributed by atoms with E-state index in [0.29, 0.717) is 5.82 Å². The van der Waals surface area contributed by atoms with Crippen molar-refractivity contribution in [3.63, 3.8) is 0 Å². The number of rotatable bonds is 4. The Bertz CT molecular complexity index is 785. The Morgan fingerprint density at radius 2 is 2.14 bits per heavy atom. The second-order valence-electron chi connectivity index (χ2n) is 6.12. The monoisotopic (exact) mass is 297 g/mol. The van der Waals surface area contributed by atoms with Crippen molar-refractivity contribution in [3.05, 3.63) is 24.1 Å². The molecule has 1 aliphatic rings. The predicted molar refractivity (Wildman–Crippen MR) is 82.1 cm³/mol. The smallest absolute Gasteiger partial charge is 0.226 e. The third kappa shape index (κ3) is 2.49. The molecule has 6 nitrogen and oxygen atoms in total. The zero-order valence-electron chi connectivity index (χ0n) is 12.7. The summed E-state index contributed by atoms with van der Waals surface area (Å²) in [5, 5.41) is 12.2. The molecule has 1 aliphatic carbocycles. The van der Waals surface area contributed by atoms with Crippen molar-refractivity contribution in [1.29, 1.82) is 0 Å². The second-order valence-corrected chi connectivity index (χ2v) is 6.12. The summed E-state index contributed by atoms with van der Waals surface area (Å²) in [6, 6.07) is 5.90. The molecule has 2 aromatic heterocycles. The van der Waals surface area contributed by atoms with Gasteiger partial charge in [-0.05, 0) is 30.5 Å². The molecule has 114 valence electrons. The van der Waals surface area contributed by atoms with Gasteiger partial charge in [-0.3, -0.25) is 0 Å². The number of benzene rings is 1. The number of hydrogen-bond donors (Lipinski definition) is 0. The molecular formula is C16H19N5O. The molecule has 0 aliphatic heterocycles. The van der Waals surface area contributed by atoms with Crippen LogP contribution in [0.4, 0.5) is 0 Å². The van der Waals surface area contributed by atoms with Gasteiger partial charge in [-0.25, -0.2) is 4.68 Å². The Labute approximate surface area is 128 Å². The summed E-state index contributed by atoms with van der Waals surface area (Å²) in [6.45, 7) is 0. The SMILES string of the molecule is Cn1nnc2ccc(-c3noc(CCC4CCCC4)n3)cc21. The molecule has 0 saturated heterocycles. The van der Waals surface area contributed by atoms with Crippen LogP contribution in [-0.4, -0.2) is 25.1 Å². The van der Waals surface area contributed by atoms with Gasteiger partial charge in [0.15, 0.2) is 0 Å². The van der Waals surface area contributed by atoms with Gasteiger partial charge in [-0.2, -0.15) is 4.98 Å². The molecule has 2 heterocycles. The molecule has 0 amide bonds. The zero-order chi connectivity index (χ0) is 14.9. The van der Waals surface area contributed by atoms with Crippen molar-refractivity contribution in [2.24, 2.45) is 13.0 Å². The molecule has 0 radical (unpaired) electrons. The van der Waals surface area contributed by atoms with Crippen LogP contribution in [0.3, 0.4) is 0 Å². The lowest BCUT2D eigenvalue weighted by molar-refractivity contribution is 0.362. The highest BCUT2D eigenvalue weighted by molar-refractivity contribution is 5.79. The minimum Gasteiger partial charge on any atom is -0.339 e. The lowest BCUT2D eigenvalue weighted by Gasteiger charge is -2.04. The average Bonchev–Trinajstić information content (AvgIpc) is 3.26. The molecule has 0 atom stereocenters. The summed E-state index contributed by atoms with van der Waals surface area (Å²) in [6.07, 6.45) is 7.49. The number of hydrogen-bond acceptors (Lipinski definition) is 5. The fourth-order valence-corrected chi connectivity index (χ4v) is 3.27. The van der Waals surface area contributed by atoms with Crippen LogP contribution in [0.25, 0.3) is 22.4 Å². The topological polar surface area (TPSA) is 69.6 Å². The zero-order valence-corrected chi connectivity index (χ0v) is 12.7. The van der Waals surface area contributed by atoms with Crippen LogP contribution in [-0.2, 0) is 13.5 Å². The highest BCUT2D eigenvalue weighted by Crippen LogP contribution is 2.29. The van der Waals surface area contributed by atoms with E-state index in [1.807, 2.05) is 25.2 Å². The fraction of sp³-hybridized carbons (Fsp3) is 0.500. The van der Waals surface area contributed by atoms with Crippen molar-refractivity contribution in [3.8, 4) is 11.4 Å². The minimum atomic E-state index is 0.643. The molecule has 4 rings (SSSR count). The van der Waals surface area contributed by atoms with Gasteiger partial charge < -0.3 is 4.52 Å². The van der Waals surface area contributed by atoms with Gasteiger partial charge in [0.1, 0.15) is 5.52 Å². The van der Waals surface area contributed by atoms with Crippen LogP contribution >= 0.6 is 0 Å². The summed E-state index contributed by atoms with van der Waals surface area (Å²) in [7, 11) is 1.88. The fourth-order valence-electron chi connectivity index (χ4n) is 3.27. The molecule has 22 heavy (non-hydrogen) atoms. The van der Waals surface area contributed by atoms with Crippen molar-refractivity contribution < 1.29 is 4.52 Å². The van der Waals surface area contributed by atoms with Gasteiger partial charge in [0.05, 0.1) is 5.52 Å². The van der Waals surface area contributed by atoms with Crippen molar-refractivity contribution >= 4 is 11.0 Å². The number of aryl methyl sites for hydroxylation is 2. The van der Waals surface area contributed by atoms with Crippen LogP contribution < -0.4 is 0 Å². The molecule has 1 saturated carbocycles. The van der Waals surface area contributed by atoms with Crippen LogP contribution in [0.2, 0.25) is 0 Å². The third-order valence-electron chi connectivity index (χ3n) is 4.58. The quantitative estimate of drug-likeness (QED) is 0.740. The molecule has 6 heteroatoms. The Hall–Kier alpha value is -2.24. The Morgan fingerprint density at radius 3 is 3.00 bits per heavy atom. The molecule has 0 N–H and O–H groups in total. The Kier molecular flexibility index (Phi) is 3.36. The summed E-state index contributed by atoms with van der Waals surface area (Å²) < 4.78 is 7.15. The molecule has 0 bridgehead atoms. The lowest BCUT2D eigenvalue weighted by Crippen LogP contribution is -1.96. The minimum absolute atomic E-state index is 0.643. The lowest BCUT2D eigenvalue weighted by atomic mass is 10.0. The summed E-state index contributed by atoms with van der Waals surface area (Å²) in [5.74, 6) is 2.22. The largest absolute Gasteiger partial charge is 0.339 e. The van der Waals surface area contributed by atoms with Crippen LogP contribution in [0.15, 0.2) is 22.7 Å². The molecule has 0 spiro atoms. The van der Waals surface area contributed by atoms with E-state index in [9.17, 15) is 0 Å². The van der Waals surface area contributed by atoms with Gasteiger partial charge >= 0.3 is 0 Å². The average molecular weight is 297 g/mol. The van der Waals surface area contributed by atoms with Gasteiger partial charge in [0.25, 0.3) is 0 Å². The summed E-state index contributed by atoms with van der Waals surface area (Å²) in [5.41, 5.74) is 2.78. The first-order valence-corrected chi connectivity index (χ1v) is 7.92. The molecule has 0 unspecified atom stereocenters. The van der Waals surface area contributed by atoms with Crippen molar-refractivity contribution in [2.45, 2.75) is 38.5 Å². The second kappa shape index (κ2) is 5.51. The third-order valence-corrected chi connectivity index (χ3v) is 4.58. The molecule has 3 aromatic rings. The number of nitrogens with zero attached hydrogens (tertiary/aromatic N) is 5. The van der Waals surface area contributed by atoms with Gasteiger partial charge in [0, 0.05) is 19.0 Å². The summed E-state index contributed by atoms with van der Waals surface area (Å²) in [4.78, 5) is 4.53. The first-order valence-electron chi connectivity index (χ1n) is 7.92. The first kappa shape index (κ1) is 13.4. The van der Waals surface area contributed by atoms with E-state index in [4.69, 9.17) is 4.52 Å². The Morgan fingerprint density at radius 1 is 1.27 bits per heavy atom. The van der Waals surface area contributed by atoms with Crippen LogP contribution in [0.1, 0.15) is 38.0 Å². The van der Waals surface area contributed by atoms with E-state index in [0.717, 1.165) is 41.2 Å².